The van der Waals surface area contributed by atoms with Crippen LogP contribution in [0.2, 0.25) is 0 Å². The summed E-state index contributed by atoms with van der Waals surface area (Å²) in [6.45, 7) is 6.88. The Morgan fingerprint density at radius 1 is 1.28 bits per heavy atom. The van der Waals surface area contributed by atoms with E-state index in [9.17, 15) is 14.0 Å². The normalized spacial score (nSPS) is 32.8. The molecule has 4 rings (SSSR count). The number of benzene rings is 1. The maximum atomic E-state index is 13.0. The Hall–Kier alpha value is -2.22. The van der Waals surface area contributed by atoms with E-state index in [1.165, 1.54) is 42.4 Å². The highest BCUT2D eigenvalue weighted by Crippen LogP contribution is 2.64. The highest BCUT2D eigenvalue weighted by molar-refractivity contribution is 8.15. The molecule has 154 valence electrons. The number of thioether (sulfide) groups is 1. The second kappa shape index (κ2) is 7.23. The summed E-state index contributed by atoms with van der Waals surface area (Å²) in [6, 6.07) is 5.51. The first-order valence-electron chi connectivity index (χ1n) is 9.87. The van der Waals surface area contributed by atoms with Crippen molar-refractivity contribution >= 4 is 40.1 Å². The van der Waals surface area contributed by atoms with Gasteiger partial charge in [-0.25, -0.2) is 4.39 Å². The molecule has 1 aromatic rings. The van der Waals surface area contributed by atoms with E-state index in [2.05, 4.69) is 41.6 Å². The van der Waals surface area contributed by atoms with Gasteiger partial charge in [-0.3, -0.25) is 9.59 Å². The van der Waals surface area contributed by atoms with Crippen molar-refractivity contribution in [2.24, 2.45) is 27.0 Å². The summed E-state index contributed by atoms with van der Waals surface area (Å²) in [4.78, 5) is 24.4. The number of amides is 2. The zero-order valence-corrected chi connectivity index (χ0v) is 17.6. The average molecular weight is 417 g/mol. The molecule has 2 saturated carbocycles. The van der Waals surface area contributed by atoms with Gasteiger partial charge >= 0.3 is 0 Å². The van der Waals surface area contributed by atoms with Gasteiger partial charge in [-0.05, 0) is 54.9 Å². The molecule has 0 spiro atoms. The first-order chi connectivity index (χ1) is 13.7. The number of fused-ring (bicyclic) bond motifs is 2. The van der Waals surface area contributed by atoms with E-state index < -0.39 is 5.25 Å². The van der Waals surface area contributed by atoms with Gasteiger partial charge in [0.1, 0.15) is 11.1 Å². The molecule has 1 heterocycles. The predicted octanol–water partition coefficient (Wildman–Crippen LogP) is 3.94. The van der Waals surface area contributed by atoms with Gasteiger partial charge in [-0.1, -0.05) is 32.5 Å². The Morgan fingerprint density at radius 3 is 2.62 bits per heavy atom. The maximum Gasteiger partial charge on any atom is 0.240 e. The second-order valence-corrected chi connectivity index (χ2v) is 9.99. The minimum Gasteiger partial charge on any atom is -0.326 e. The summed E-state index contributed by atoms with van der Waals surface area (Å²) in [5.41, 5.74) is 1.88. The number of carbonyl (C=O) groups is 2. The number of nitrogens with zero attached hydrogens (tertiary/aromatic N) is 2. The first kappa shape index (κ1) is 20.1. The third kappa shape index (κ3) is 3.58. The van der Waals surface area contributed by atoms with Crippen molar-refractivity contribution in [3.63, 3.8) is 0 Å². The highest BCUT2D eigenvalue weighted by Gasteiger charge is 2.60. The van der Waals surface area contributed by atoms with Crippen molar-refractivity contribution in [2.45, 2.75) is 51.7 Å². The molecule has 2 amide bonds. The average Bonchev–Trinajstić information content (AvgIpc) is 3.18. The van der Waals surface area contributed by atoms with E-state index in [1.54, 1.807) is 0 Å². The quantitative estimate of drug-likeness (QED) is 0.729. The third-order valence-electron chi connectivity index (χ3n) is 7.05. The molecule has 1 aromatic carbocycles. The first-order valence-corrected chi connectivity index (χ1v) is 10.7. The van der Waals surface area contributed by atoms with Crippen LogP contribution in [0.4, 0.5) is 10.1 Å². The van der Waals surface area contributed by atoms with Crippen LogP contribution in [0.25, 0.3) is 0 Å². The van der Waals surface area contributed by atoms with Crippen molar-refractivity contribution in [1.82, 2.24) is 5.32 Å². The van der Waals surface area contributed by atoms with Gasteiger partial charge in [0.05, 0.1) is 0 Å². The van der Waals surface area contributed by atoms with Gasteiger partial charge in [-0.2, -0.15) is 5.10 Å². The molecule has 2 aliphatic carbocycles. The lowest BCUT2D eigenvalue weighted by molar-refractivity contribution is -0.122. The summed E-state index contributed by atoms with van der Waals surface area (Å²) in [5.74, 6) is -0.286. The van der Waals surface area contributed by atoms with Crippen LogP contribution in [-0.2, 0) is 9.59 Å². The standard InChI is InChI=1S/C21H25FN4O2S/c1-20(2)12-8-9-21(20,3)16(10-12)25-26-19-24-18(28)15(29-19)11-17(27)23-14-6-4-13(22)5-7-14/h4-7,12,15H,8-11H2,1-3H3,(H,23,27)(H,24,26,28). The zero-order chi connectivity index (χ0) is 20.8. The number of halogens is 1. The molecule has 3 fully saturated rings. The van der Waals surface area contributed by atoms with E-state index in [0.29, 0.717) is 16.8 Å². The van der Waals surface area contributed by atoms with Gasteiger partial charge in [0.2, 0.25) is 11.8 Å². The predicted molar refractivity (Wildman–Crippen MR) is 113 cm³/mol. The van der Waals surface area contributed by atoms with E-state index >= 15 is 0 Å². The second-order valence-electron chi connectivity index (χ2n) is 8.80. The lowest BCUT2D eigenvalue weighted by Crippen LogP contribution is -2.32. The van der Waals surface area contributed by atoms with E-state index in [1.807, 2.05) is 0 Å². The Morgan fingerprint density at radius 2 is 2.00 bits per heavy atom. The number of carbonyl (C=O) groups excluding carboxylic acids is 2. The number of anilines is 1. The SMILES string of the molecule is CC12CCC(CC1=N/N=C1\NC(=O)C(CC(=O)Nc3ccc(F)cc3)S1)C2(C)C. The highest BCUT2D eigenvalue weighted by atomic mass is 32.2. The summed E-state index contributed by atoms with van der Waals surface area (Å²) >= 11 is 1.22. The van der Waals surface area contributed by atoms with Crippen molar-refractivity contribution in [1.29, 1.82) is 0 Å². The molecular weight excluding hydrogens is 391 g/mol. The summed E-state index contributed by atoms with van der Waals surface area (Å²) in [6.07, 6.45) is 3.33. The van der Waals surface area contributed by atoms with E-state index in [-0.39, 0.29) is 34.9 Å². The largest absolute Gasteiger partial charge is 0.326 e. The Labute approximate surface area is 173 Å². The van der Waals surface area contributed by atoms with Crippen LogP contribution < -0.4 is 10.6 Å². The van der Waals surface area contributed by atoms with Crippen LogP contribution in [0.15, 0.2) is 34.5 Å². The van der Waals surface area contributed by atoms with Crippen LogP contribution in [0.1, 0.15) is 46.5 Å². The van der Waals surface area contributed by atoms with Gasteiger partial charge in [0.25, 0.3) is 0 Å². The molecule has 2 N–H and O–H groups in total. The lowest BCUT2D eigenvalue weighted by Gasteiger charge is -2.34. The Balaban J connectivity index is 1.38. The van der Waals surface area contributed by atoms with Crippen LogP contribution in [0, 0.1) is 22.6 Å². The molecule has 0 aromatic heterocycles. The minimum absolute atomic E-state index is 0.0102. The molecule has 3 aliphatic rings. The van der Waals surface area contributed by atoms with Crippen molar-refractivity contribution < 1.29 is 14.0 Å². The molecule has 3 atom stereocenters. The molecule has 6 nitrogen and oxygen atoms in total. The van der Waals surface area contributed by atoms with Crippen LogP contribution in [-0.4, -0.2) is 27.9 Å². The van der Waals surface area contributed by atoms with Gasteiger partial charge < -0.3 is 10.6 Å². The van der Waals surface area contributed by atoms with Crippen molar-refractivity contribution in [3.05, 3.63) is 30.1 Å². The van der Waals surface area contributed by atoms with Crippen LogP contribution in [0.3, 0.4) is 0 Å². The summed E-state index contributed by atoms with van der Waals surface area (Å²) in [7, 11) is 0. The number of hydrogen-bond donors (Lipinski definition) is 2. The molecular formula is C21H25FN4O2S. The molecule has 3 unspecified atom stereocenters. The summed E-state index contributed by atoms with van der Waals surface area (Å²) in [5, 5.41) is 14.1. The topological polar surface area (TPSA) is 82.9 Å². The zero-order valence-electron chi connectivity index (χ0n) is 16.8. The number of rotatable bonds is 4. The van der Waals surface area contributed by atoms with Gasteiger partial charge in [0.15, 0.2) is 5.17 Å². The molecule has 2 bridgehead atoms. The fraction of sp³-hybridized carbons (Fsp3) is 0.524. The van der Waals surface area contributed by atoms with Crippen LogP contribution >= 0.6 is 11.8 Å². The smallest absolute Gasteiger partial charge is 0.240 e. The number of nitrogens with one attached hydrogen (secondary N) is 2. The Kier molecular flexibility index (Phi) is 5.01. The number of hydrogen-bond acceptors (Lipinski definition) is 5. The Bertz CT molecular complexity index is 912. The number of amidine groups is 1. The summed E-state index contributed by atoms with van der Waals surface area (Å²) < 4.78 is 13.0. The van der Waals surface area contributed by atoms with Gasteiger partial charge in [-0.15, -0.1) is 5.10 Å². The van der Waals surface area contributed by atoms with Crippen molar-refractivity contribution in [3.8, 4) is 0 Å². The molecule has 1 aliphatic heterocycles. The molecule has 8 heteroatoms. The van der Waals surface area contributed by atoms with E-state index in [4.69, 9.17) is 0 Å². The van der Waals surface area contributed by atoms with E-state index in [0.717, 1.165) is 18.6 Å². The maximum absolute atomic E-state index is 13.0. The fourth-order valence-electron chi connectivity index (χ4n) is 4.69. The third-order valence-corrected chi connectivity index (χ3v) is 8.12. The van der Waals surface area contributed by atoms with Crippen LogP contribution in [0.5, 0.6) is 0 Å². The lowest BCUT2D eigenvalue weighted by atomic mass is 9.70. The molecule has 29 heavy (non-hydrogen) atoms. The van der Waals surface area contributed by atoms with Gasteiger partial charge in [0, 0.05) is 23.2 Å². The molecule has 0 radical (unpaired) electrons. The minimum atomic E-state index is -0.554. The van der Waals surface area contributed by atoms with Crippen molar-refractivity contribution in [2.75, 3.05) is 5.32 Å². The molecule has 1 saturated heterocycles. The fourth-order valence-corrected chi connectivity index (χ4v) is 5.60. The monoisotopic (exact) mass is 416 g/mol.